The molecule has 1 aromatic carbocycles. The number of nitrogens with zero attached hydrogens (tertiary/aromatic N) is 3. The van der Waals surface area contributed by atoms with Gasteiger partial charge in [-0.15, -0.1) is 5.10 Å². The number of ether oxygens (including phenoxy) is 2. The summed E-state index contributed by atoms with van der Waals surface area (Å²) in [5, 5.41) is 23.7. The average Bonchev–Trinajstić information content (AvgIpc) is 3.48. The van der Waals surface area contributed by atoms with Gasteiger partial charge in [0.15, 0.2) is 0 Å². The molecule has 244 valence electrons. The first-order valence-corrected chi connectivity index (χ1v) is 15.4. The van der Waals surface area contributed by atoms with Crippen molar-refractivity contribution >= 4 is 25.1 Å². The molecule has 4 fully saturated rings. The van der Waals surface area contributed by atoms with E-state index >= 15 is 0 Å². The van der Waals surface area contributed by atoms with Crippen molar-refractivity contribution in [3.63, 3.8) is 0 Å². The molecule has 45 heavy (non-hydrogen) atoms. The van der Waals surface area contributed by atoms with Gasteiger partial charge in [0.05, 0.1) is 37.0 Å². The van der Waals surface area contributed by atoms with Gasteiger partial charge in [0.1, 0.15) is 29.2 Å². The van der Waals surface area contributed by atoms with E-state index in [0.717, 1.165) is 12.8 Å². The number of hydrogen-bond acceptors (Lipinski definition) is 9. The molecule has 2 amide bonds. The lowest BCUT2D eigenvalue weighted by molar-refractivity contribution is -0.199. The second-order valence-electron chi connectivity index (χ2n) is 14.2. The molecule has 4 aliphatic rings. The van der Waals surface area contributed by atoms with Gasteiger partial charge in [0, 0.05) is 0 Å². The van der Waals surface area contributed by atoms with E-state index in [-0.39, 0.29) is 48.2 Å². The van der Waals surface area contributed by atoms with Crippen molar-refractivity contribution in [2.75, 3.05) is 7.11 Å². The van der Waals surface area contributed by atoms with E-state index in [9.17, 15) is 19.5 Å². The van der Waals surface area contributed by atoms with Crippen molar-refractivity contribution in [2.24, 2.45) is 17.3 Å². The molecule has 5 atom stereocenters. The number of para-hydroxylation sites is 1. The van der Waals surface area contributed by atoms with Crippen LogP contribution in [0.15, 0.2) is 18.2 Å². The van der Waals surface area contributed by atoms with Gasteiger partial charge in [-0.2, -0.15) is 0 Å². The zero-order valence-corrected chi connectivity index (χ0v) is 27.3. The molecule has 2 aromatic rings. The predicted octanol–water partition coefficient (Wildman–Crippen LogP) is 3.31. The highest BCUT2D eigenvalue weighted by atomic mass is 16.7. The average molecular weight is 626 g/mol. The smallest absolute Gasteiger partial charge is 0.482 e. The Kier molecular flexibility index (Phi) is 8.69. The number of carboxylic acids is 1. The standard InChI is InChI=1S/C31H44BN5O8/c1-17-21(15-33-28(41)43-29(2,3)4)35-36-37(17)16-25(38)34-24(12-18-10-9-11-20(27(39)40)26(18)42-8)32-44-23-14-19-13-22(30(19,5)6)31(23,7)45-32/h9-11,19,22-24H,12-16H2,1-8H3,(H,33,41)(H,34,38)(H,39,40)/t19-,22-,23+,24?,31-/m0/s1. The molecule has 0 radical (unpaired) electrons. The molecule has 3 aliphatic carbocycles. The summed E-state index contributed by atoms with van der Waals surface area (Å²) in [7, 11) is 0.664. The van der Waals surface area contributed by atoms with Crippen LogP contribution in [0.1, 0.15) is 81.7 Å². The number of hydrogen-bond donors (Lipinski definition) is 3. The maximum absolute atomic E-state index is 13.5. The zero-order valence-electron chi connectivity index (χ0n) is 27.3. The zero-order chi connectivity index (χ0) is 32.9. The number of aromatic carboxylic acids is 1. The molecule has 3 saturated carbocycles. The highest BCUT2D eigenvalue weighted by Crippen LogP contribution is 2.65. The fourth-order valence-electron chi connectivity index (χ4n) is 7.25. The second-order valence-corrected chi connectivity index (χ2v) is 14.2. The molecule has 13 nitrogen and oxygen atoms in total. The van der Waals surface area contributed by atoms with Gasteiger partial charge in [0.2, 0.25) is 5.91 Å². The summed E-state index contributed by atoms with van der Waals surface area (Å²) < 4.78 is 25.5. The first-order valence-electron chi connectivity index (χ1n) is 15.4. The first kappa shape index (κ1) is 32.7. The van der Waals surface area contributed by atoms with Gasteiger partial charge in [0.25, 0.3) is 0 Å². The molecule has 3 N–H and O–H groups in total. The van der Waals surface area contributed by atoms with Crippen LogP contribution in [0.25, 0.3) is 0 Å². The Morgan fingerprint density at radius 1 is 1.22 bits per heavy atom. The maximum atomic E-state index is 13.5. The normalized spacial score (nSPS) is 25.5. The number of rotatable bonds is 10. The number of carboxylic acid groups (broad SMARTS) is 1. The number of carbonyl (C=O) groups is 3. The van der Waals surface area contributed by atoms with Crippen LogP contribution in [0.5, 0.6) is 5.75 Å². The summed E-state index contributed by atoms with van der Waals surface area (Å²) >= 11 is 0. The summed E-state index contributed by atoms with van der Waals surface area (Å²) in [4.78, 5) is 37.5. The molecule has 2 bridgehead atoms. The van der Waals surface area contributed by atoms with E-state index < -0.39 is 36.3 Å². The van der Waals surface area contributed by atoms with Crippen molar-refractivity contribution in [3.05, 3.63) is 40.7 Å². The Morgan fingerprint density at radius 2 is 1.96 bits per heavy atom. The van der Waals surface area contributed by atoms with Gasteiger partial charge < -0.3 is 34.5 Å². The second kappa shape index (κ2) is 11.9. The minimum Gasteiger partial charge on any atom is -0.496 e. The quantitative estimate of drug-likeness (QED) is 0.334. The largest absolute Gasteiger partial charge is 0.496 e. The Hall–Kier alpha value is -3.65. The molecule has 6 rings (SSSR count). The summed E-state index contributed by atoms with van der Waals surface area (Å²) in [5.41, 5.74) is 0.751. The molecule has 1 aromatic heterocycles. The number of methoxy groups -OCH3 is 1. The van der Waals surface area contributed by atoms with E-state index in [2.05, 4.69) is 41.7 Å². The molecule has 1 unspecified atom stereocenters. The van der Waals surface area contributed by atoms with Crippen LogP contribution in [0, 0.1) is 24.2 Å². The lowest BCUT2D eigenvalue weighted by Crippen LogP contribution is -2.65. The molecule has 14 heteroatoms. The van der Waals surface area contributed by atoms with Crippen molar-refractivity contribution in [1.82, 2.24) is 25.6 Å². The molecular weight excluding hydrogens is 581 g/mol. The lowest BCUT2D eigenvalue weighted by Gasteiger charge is -2.64. The van der Waals surface area contributed by atoms with Crippen LogP contribution in [-0.2, 0) is 38.4 Å². The molecular formula is C31H44BN5O8. The van der Waals surface area contributed by atoms with Crippen molar-refractivity contribution < 1.29 is 38.3 Å². The molecule has 2 heterocycles. The Bertz CT molecular complexity index is 1470. The number of nitrogens with one attached hydrogen (secondary N) is 2. The van der Waals surface area contributed by atoms with Crippen LogP contribution in [0.3, 0.4) is 0 Å². The Labute approximate surface area is 263 Å². The molecule has 0 spiro atoms. The van der Waals surface area contributed by atoms with E-state index in [4.69, 9.17) is 18.8 Å². The Morgan fingerprint density at radius 3 is 2.60 bits per heavy atom. The van der Waals surface area contributed by atoms with Crippen molar-refractivity contribution in [3.8, 4) is 5.75 Å². The third kappa shape index (κ3) is 6.39. The van der Waals surface area contributed by atoms with Crippen molar-refractivity contribution in [1.29, 1.82) is 0 Å². The number of carbonyl (C=O) groups excluding carboxylic acids is 2. The fraction of sp³-hybridized carbons (Fsp3) is 0.645. The SMILES string of the molecule is COc1c(CC(NC(=O)Cn2nnc(CNC(=O)OC(C)(C)C)c2C)B2O[C@@H]3C[C@@H]4C[C@@H](C4(C)C)[C@]3(C)O2)cccc1C(=O)O. The van der Waals surface area contributed by atoms with Crippen LogP contribution in [0.4, 0.5) is 4.79 Å². The topological polar surface area (TPSA) is 163 Å². The number of aromatic nitrogens is 3. The summed E-state index contributed by atoms with van der Waals surface area (Å²) in [6.45, 7) is 13.7. The van der Waals surface area contributed by atoms with Gasteiger partial charge in [-0.25, -0.2) is 14.3 Å². The minimum absolute atomic E-state index is 0.0299. The maximum Gasteiger partial charge on any atom is 0.482 e. The van der Waals surface area contributed by atoms with Gasteiger partial charge in [-0.05, 0) is 82.8 Å². The summed E-state index contributed by atoms with van der Waals surface area (Å²) in [6.07, 6.45) is 1.49. The van der Waals surface area contributed by atoms with E-state index in [1.807, 2.05) is 0 Å². The van der Waals surface area contributed by atoms with Crippen molar-refractivity contribution in [2.45, 2.75) is 104 Å². The lowest BCUT2D eigenvalue weighted by atomic mass is 9.43. The third-order valence-corrected chi connectivity index (χ3v) is 9.79. The van der Waals surface area contributed by atoms with Gasteiger partial charge >= 0.3 is 19.2 Å². The summed E-state index contributed by atoms with van der Waals surface area (Å²) in [6, 6.07) is 4.91. The number of benzene rings is 1. The van der Waals surface area contributed by atoms with Gasteiger partial charge in [-0.1, -0.05) is 31.2 Å². The molecule has 1 aliphatic heterocycles. The predicted molar refractivity (Wildman–Crippen MR) is 164 cm³/mol. The van der Waals surface area contributed by atoms with E-state index in [0.29, 0.717) is 28.8 Å². The van der Waals surface area contributed by atoms with E-state index in [1.165, 1.54) is 17.9 Å². The highest BCUT2D eigenvalue weighted by Gasteiger charge is 2.68. The Balaban J connectivity index is 1.33. The minimum atomic E-state index is -1.11. The van der Waals surface area contributed by atoms with Crippen LogP contribution >= 0.6 is 0 Å². The van der Waals surface area contributed by atoms with Crippen LogP contribution < -0.4 is 15.4 Å². The van der Waals surface area contributed by atoms with Crippen LogP contribution in [0.2, 0.25) is 0 Å². The highest BCUT2D eigenvalue weighted by molar-refractivity contribution is 6.48. The number of amides is 2. The third-order valence-electron chi connectivity index (χ3n) is 9.79. The van der Waals surface area contributed by atoms with Crippen LogP contribution in [-0.4, -0.2) is 75.5 Å². The van der Waals surface area contributed by atoms with Gasteiger partial charge in [-0.3, -0.25) is 4.79 Å². The number of alkyl carbamates (subject to hydrolysis) is 1. The van der Waals surface area contributed by atoms with E-state index in [1.54, 1.807) is 39.8 Å². The fourth-order valence-corrected chi connectivity index (χ4v) is 7.25. The molecule has 1 saturated heterocycles. The first-order chi connectivity index (χ1) is 21.0. The monoisotopic (exact) mass is 625 g/mol. The summed E-state index contributed by atoms with van der Waals surface area (Å²) in [5.74, 6) is -1.02.